The summed E-state index contributed by atoms with van der Waals surface area (Å²) in [6, 6.07) is 20.4. The molecule has 0 fully saturated rings. The molecular formula is C30H20F3N3O5. The van der Waals surface area contributed by atoms with Crippen molar-refractivity contribution in [2.24, 2.45) is 0 Å². The number of benzene rings is 3. The maximum atomic E-state index is 12.9. The van der Waals surface area contributed by atoms with Crippen LogP contribution < -0.4 is 14.8 Å². The second kappa shape index (κ2) is 11.0. The molecule has 0 bridgehead atoms. The average Bonchev–Trinajstić information content (AvgIpc) is 2.96. The van der Waals surface area contributed by atoms with E-state index in [1.165, 1.54) is 48.5 Å². The van der Waals surface area contributed by atoms with Gasteiger partial charge in [0.05, 0.1) is 29.3 Å². The van der Waals surface area contributed by atoms with Crippen LogP contribution in [0.4, 0.5) is 19.0 Å². The highest BCUT2D eigenvalue weighted by Crippen LogP contribution is 2.40. The second-order valence-electron chi connectivity index (χ2n) is 9.09. The lowest BCUT2D eigenvalue weighted by Crippen LogP contribution is -2.21. The summed E-state index contributed by atoms with van der Waals surface area (Å²) >= 11 is 0. The van der Waals surface area contributed by atoms with E-state index in [9.17, 15) is 33.1 Å². The molecule has 2 heterocycles. The molecule has 1 atom stereocenters. The van der Waals surface area contributed by atoms with Crippen molar-refractivity contribution in [2.75, 3.05) is 11.9 Å². The van der Waals surface area contributed by atoms with E-state index in [1.54, 1.807) is 18.2 Å². The van der Waals surface area contributed by atoms with Crippen molar-refractivity contribution in [1.29, 1.82) is 5.26 Å². The lowest BCUT2D eigenvalue weighted by molar-refractivity contribution is -0.139. The Balaban J connectivity index is 1.29. The van der Waals surface area contributed by atoms with Gasteiger partial charge in [-0.05, 0) is 61.0 Å². The third kappa shape index (κ3) is 5.96. The summed E-state index contributed by atoms with van der Waals surface area (Å²) in [5.74, 6) is -1.21. The normalized spacial score (nSPS) is 14.2. The molecule has 1 aromatic heterocycles. The van der Waals surface area contributed by atoms with E-state index in [4.69, 9.17) is 9.47 Å². The Morgan fingerprint density at radius 1 is 1.05 bits per heavy atom. The predicted molar refractivity (Wildman–Crippen MR) is 141 cm³/mol. The zero-order valence-electron chi connectivity index (χ0n) is 21.1. The fourth-order valence-electron chi connectivity index (χ4n) is 4.33. The number of hydrogen-bond acceptors (Lipinski definition) is 6. The molecule has 1 amide bonds. The van der Waals surface area contributed by atoms with Gasteiger partial charge in [-0.1, -0.05) is 18.2 Å². The van der Waals surface area contributed by atoms with Crippen molar-refractivity contribution in [2.45, 2.75) is 18.5 Å². The number of hydrogen-bond donors (Lipinski definition) is 2. The number of nitrogens with zero attached hydrogens (tertiary/aromatic N) is 2. The smallest absolute Gasteiger partial charge is 0.416 e. The van der Waals surface area contributed by atoms with Crippen LogP contribution in [0.3, 0.4) is 0 Å². The zero-order valence-corrected chi connectivity index (χ0v) is 21.1. The highest BCUT2D eigenvalue weighted by molar-refractivity contribution is 6.03. The Morgan fingerprint density at radius 2 is 1.78 bits per heavy atom. The molecule has 1 aliphatic heterocycles. The number of carboxylic acids is 1. The largest absolute Gasteiger partial charge is 0.493 e. The highest BCUT2D eigenvalue weighted by atomic mass is 19.4. The van der Waals surface area contributed by atoms with Crippen LogP contribution in [-0.4, -0.2) is 28.6 Å². The summed E-state index contributed by atoms with van der Waals surface area (Å²) in [5.41, 5.74) is 0.902. The Labute approximate surface area is 231 Å². The summed E-state index contributed by atoms with van der Waals surface area (Å²) in [7, 11) is 0. The van der Waals surface area contributed by atoms with Gasteiger partial charge < -0.3 is 19.9 Å². The van der Waals surface area contributed by atoms with Crippen LogP contribution >= 0.6 is 0 Å². The van der Waals surface area contributed by atoms with E-state index >= 15 is 0 Å². The van der Waals surface area contributed by atoms with Crippen molar-refractivity contribution in [1.82, 2.24) is 4.98 Å². The Bertz CT molecular complexity index is 1660. The molecule has 2 N–H and O–H groups in total. The Kier molecular flexibility index (Phi) is 7.31. The number of aromatic nitrogens is 1. The molecule has 11 heteroatoms. The fraction of sp³-hybridized carbons (Fsp3) is 0.133. The molecule has 0 saturated carbocycles. The minimum Gasteiger partial charge on any atom is -0.493 e. The summed E-state index contributed by atoms with van der Waals surface area (Å²) in [6.45, 7) is 0.223. The number of halogens is 3. The van der Waals surface area contributed by atoms with Gasteiger partial charge in [-0.25, -0.2) is 4.98 Å². The van der Waals surface area contributed by atoms with E-state index in [0.29, 0.717) is 34.7 Å². The number of amides is 1. The van der Waals surface area contributed by atoms with E-state index in [-0.39, 0.29) is 29.3 Å². The van der Waals surface area contributed by atoms with Crippen LogP contribution in [0.2, 0.25) is 0 Å². The summed E-state index contributed by atoms with van der Waals surface area (Å²) < 4.78 is 50.0. The molecule has 1 aliphatic rings. The topological polar surface area (TPSA) is 122 Å². The van der Waals surface area contributed by atoms with Crippen molar-refractivity contribution in [3.63, 3.8) is 0 Å². The quantitative estimate of drug-likeness (QED) is 0.272. The van der Waals surface area contributed by atoms with Gasteiger partial charge in [0.1, 0.15) is 29.1 Å². The van der Waals surface area contributed by atoms with Crippen molar-refractivity contribution in [3.8, 4) is 34.6 Å². The zero-order chi connectivity index (χ0) is 29.1. The highest BCUT2D eigenvalue weighted by Gasteiger charge is 2.30. The first-order chi connectivity index (χ1) is 19.6. The summed E-state index contributed by atoms with van der Waals surface area (Å²) in [5, 5.41) is 21.7. The SMILES string of the molecule is N#Cc1cc2c(cc1Oc1ccc(C(=O)Nc3cccc(-c4ccc(C(F)(F)F)cc4)n3)cc1)OCCC2C(=O)O. The fourth-order valence-corrected chi connectivity index (χ4v) is 4.33. The van der Waals surface area contributed by atoms with Gasteiger partial charge in [-0.2, -0.15) is 18.4 Å². The third-order valence-electron chi connectivity index (χ3n) is 6.41. The molecule has 8 nitrogen and oxygen atoms in total. The lowest BCUT2D eigenvalue weighted by Gasteiger charge is -2.24. The molecule has 5 rings (SSSR count). The van der Waals surface area contributed by atoms with Crippen LogP contribution in [0.1, 0.15) is 39.4 Å². The van der Waals surface area contributed by atoms with E-state index in [1.807, 2.05) is 6.07 Å². The maximum absolute atomic E-state index is 12.9. The first kappa shape index (κ1) is 27.2. The van der Waals surface area contributed by atoms with Crippen LogP contribution in [0.25, 0.3) is 11.3 Å². The standard InChI is InChI=1S/C30H20F3N3O5/c31-30(32,33)20-8-4-17(5-9-20)24-2-1-3-27(35-24)36-28(37)18-6-10-21(11-7-18)41-25-15-26-23(14-19(25)16-34)22(29(38)39)12-13-40-26/h1-11,14-15,22H,12-13H2,(H,38,39)(H,35,36,37). The van der Waals surface area contributed by atoms with Crippen molar-refractivity contribution in [3.05, 3.63) is 101 Å². The van der Waals surface area contributed by atoms with Gasteiger partial charge in [-0.3, -0.25) is 9.59 Å². The number of alkyl halides is 3. The number of carboxylic acid groups (broad SMARTS) is 1. The number of carbonyl (C=O) groups excluding carboxylic acids is 1. The molecule has 0 aliphatic carbocycles. The third-order valence-corrected chi connectivity index (χ3v) is 6.41. The maximum Gasteiger partial charge on any atom is 0.416 e. The van der Waals surface area contributed by atoms with Gasteiger partial charge in [0.15, 0.2) is 0 Å². The summed E-state index contributed by atoms with van der Waals surface area (Å²) in [6.07, 6.45) is -4.15. The number of carbonyl (C=O) groups is 2. The first-order valence-corrected chi connectivity index (χ1v) is 12.3. The number of rotatable bonds is 6. The van der Waals surface area contributed by atoms with Gasteiger partial charge in [0.2, 0.25) is 0 Å². The molecule has 3 aromatic carbocycles. The number of anilines is 1. The van der Waals surface area contributed by atoms with Gasteiger partial charge in [0.25, 0.3) is 5.91 Å². The molecule has 0 saturated heterocycles. The monoisotopic (exact) mass is 559 g/mol. The Morgan fingerprint density at radius 3 is 2.44 bits per heavy atom. The first-order valence-electron chi connectivity index (χ1n) is 12.3. The van der Waals surface area contributed by atoms with Gasteiger partial charge >= 0.3 is 12.1 Å². The molecular weight excluding hydrogens is 539 g/mol. The average molecular weight is 560 g/mol. The number of ether oxygens (including phenoxy) is 2. The van der Waals surface area contributed by atoms with Crippen molar-refractivity contribution >= 4 is 17.7 Å². The van der Waals surface area contributed by atoms with E-state index in [2.05, 4.69) is 10.3 Å². The number of aliphatic carboxylic acids is 1. The van der Waals surface area contributed by atoms with Crippen LogP contribution in [0.5, 0.6) is 17.2 Å². The van der Waals surface area contributed by atoms with Crippen LogP contribution in [0.15, 0.2) is 78.9 Å². The summed E-state index contributed by atoms with van der Waals surface area (Å²) in [4.78, 5) is 28.7. The molecule has 4 aromatic rings. The minimum atomic E-state index is -4.44. The molecule has 41 heavy (non-hydrogen) atoms. The van der Waals surface area contributed by atoms with Gasteiger partial charge in [0, 0.05) is 22.8 Å². The molecule has 206 valence electrons. The predicted octanol–water partition coefficient (Wildman–Crippen LogP) is 6.63. The minimum absolute atomic E-state index is 0.140. The van der Waals surface area contributed by atoms with Crippen LogP contribution in [0, 0.1) is 11.3 Å². The van der Waals surface area contributed by atoms with Crippen LogP contribution in [-0.2, 0) is 11.0 Å². The second-order valence-corrected chi connectivity index (χ2v) is 9.09. The number of nitriles is 1. The number of fused-ring (bicyclic) bond motifs is 1. The molecule has 0 spiro atoms. The van der Waals surface area contributed by atoms with Crippen molar-refractivity contribution < 1.29 is 37.3 Å². The molecule has 0 radical (unpaired) electrons. The number of nitrogens with one attached hydrogen (secondary N) is 1. The van der Waals surface area contributed by atoms with Gasteiger partial charge in [-0.15, -0.1) is 0 Å². The Hall–Kier alpha value is -5.37. The van der Waals surface area contributed by atoms with E-state index < -0.39 is 29.5 Å². The van der Waals surface area contributed by atoms with E-state index in [0.717, 1.165) is 12.1 Å². The lowest BCUT2D eigenvalue weighted by atomic mass is 9.91. The molecule has 1 unspecified atom stereocenters. The number of pyridine rings is 1.